The molecular formula is C18H28N4O3S. The van der Waals surface area contributed by atoms with Gasteiger partial charge in [0.25, 0.3) is 0 Å². The minimum absolute atomic E-state index is 0.101. The number of amides is 1. The van der Waals surface area contributed by atoms with E-state index < -0.39 is 10.0 Å². The van der Waals surface area contributed by atoms with E-state index >= 15 is 0 Å². The van der Waals surface area contributed by atoms with E-state index in [2.05, 4.69) is 21.5 Å². The summed E-state index contributed by atoms with van der Waals surface area (Å²) >= 11 is 0. The van der Waals surface area contributed by atoms with Crippen LogP contribution >= 0.6 is 0 Å². The molecule has 2 aliphatic heterocycles. The van der Waals surface area contributed by atoms with Crippen molar-refractivity contribution in [1.82, 2.24) is 14.6 Å². The van der Waals surface area contributed by atoms with Gasteiger partial charge in [-0.3, -0.25) is 4.79 Å². The van der Waals surface area contributed by atoms with Gasteiger partial charge in [-0.25, -0.2) is 18.1 Å². The molecule has 1 N–H and O–H groups in total. The highest BCUT2D eigenvalue weighted by Crippen LogP contribution is 2.26. The standard InChI is InChI=1S/C18H28N4O3S/c1-14-5-9-22(10-6-14)18(23)15-7-11-21(12-8-15)17-4-3-16(13-20-17)26(24,25)19-2/h3-4,13-15,19H,5-12H2,1-2H3. The lowest BCUT2D eigenvalue weighted by Gasteiger charge is -2.37. The second-order valence-electron chi connectivity index (χ2n) is 7.33. The van der Waals surface area contributed by atoms with E-state index in [0.29, 0.717) is 5.91 Å². The Balaban J connectivity index is 1.56. The van der Waals surface area contributed by atoms with Gasteiger partial charge < -0.3 is 9.80 Å². The molecule has 1 amide bonds. The third-order valence-corrected chi connectivity index (χ3v) is 6.96. The Morgan fingerprint density at radius 1 is 1.12 bits per heavy atom. The minimum atomic E-state index is -3.46. The summed E-state index contributed by atoms with van der Waals surface area (Å²) in [5, 5.41) is 0. The lowest BCUT2D eigenvalue weighted by molar-refractivity contribution is -0.137. The third-order valence-electron chi connectivity index (χ3n) is 5.56. The highest BCUT2D eigenvalue weighted by Gasteiger charge is 2.30. The highest BCUT2D eigenvalue weighted by molar-refractivity contribution is 7.89. The van der Waals surface area contributed by atoms with Gasteiger partial charge in [0.2, 0.25) is 15.9 Å². The first-order chi connectivity index (χ1) is 12.4. The predicted molar refractivity (Wildman–Crippen MR) is 100 cm³/mol. The molecule has 0 saturated carbocycles. The van der Waals surface area contributed by atoms with Crippen LogP contribution in [-0.4, -0.2) is 57.4 Å². The molecule has 2 saturated heterocycles. The molecular weight excluding hydrogens is 352 g/mol. The number of anilines is 1. The second-order valence-corrected chi connectivity index (χ2v) is 9.22. The second kappa shape index (κ2) is 7.92. The summed E-state index contributed by atoms with van der Waals surface area (Å²) < 4.78 is 25.8. The normalized spacial score (nSPS) is 20.4. The number of nitrogens with zero attached hydrogens (tertiary/aromatic N) is 3. The van der Waals surface area contributed by atoms with Crippen molar-refractivity contribution in [3.05, 3.63) is 18.3 Å². The quantitative estimate of drug-likeness (QED) is 0.855. The number of sulfonamides is 1. The van der Waals surface area contributed by atoms with Crippen molar-refractivity contribution in [3.8, 4) is 0 Å². The Kier molecular flexibility index (Phi) is 5.82. The molecule has 0 spiro atoms. The van der Waals surface area contributed by atoms with Gasteiger partial charge in [0, 0.05) is 38.3 Å². The maximum Gasteiger partial charge on any atom is 0.241 e. The van der Waals surface area contributed by atoms with E-state index in [0.717, 1.165) is 63.6 Å². The Bertz CT molecular complexity index is 719. The zero-order valence-corrected chi connectivity index (χ0v) is 16.3. The summed E-state index contributed by atoms with van der Waals surface area (Å²) in [5.41, 5.74) is 0. The SMILES string of the molecule is CNS(=O)(=O)c1ccc(N2CCC(C(=O)N3CCC(C)CC3)CC2)nc1. The lowest BCUT2D eigenvalue weighted by atomic mass is 9.92. The molecule has 144 valence electrons. The summed E-state index contributed by atoms with van der Waals surface area (Å²) in [6, 6.07) is 3.30. The van der Waals surface area contributed by atoms with Gasteiger partial charge in [-0.1, -0.05) is 6.92 Å². The molecule has 0 aliphatic carbocycles. The van der Waals surface area contributed by atoms with Gasteiger partial charge in [0.1, 0.15) is 10.7 Å². The Morgan fingerprint density at radius 3 is 2.31 bits per heavy atom. The van der Waals surface area contributed by atoms with Crippen molar-refractivity contribution in [2.24, 2.45) is 11.8 Å². The van der Waals surface area contributed by atoms with Crippen LogP contribution < -0.4 is 9.62 Å². The van der Waals surface area contributed by atoms with Crippen LogP contribution in [0.4, 0.5) is 5.82 Å². The van der Waals surface area contributed by atoms with Gasteiger partial charge in [-0.05, 0) is 50.8 Å². The average Bonchev–Trinajstić information content (AvgIpc) is 2.68. The van der Waals surface area contributed by atoms with Crippen LogP contribution in [0.15, 0.2) is 23.2 Å². The molecule has 3 rings (SSSR count). The van der Waals surface area contributed by atoms with Gasteiger partial charge in [-0.2, -0.15) is 0 Å². The topological polar surface area (TPSA) is 82.6 Å². The van der Waals surface area contributed by atoms with E-state index in [1.807, 2.05) is 4.90 Å². The number of piperidine rings is 2. The summed E-state index contributed by atoms with van der Waals surface area (Å²) in [5.74, 6) is 1.89. The molecule has 1 aromatic heterocycles. The molecule has 26 heavy (non-hydrogen) atoms. The Hall–Kier alpha value is -1.67. The maximum atomic E-state index is 12.7. The smallest absolute Gasteiger partial charge is 0.241 e. The predicted octanol–water partition coefficient (Wildman–Crippen LogP) is 1.46. The summed E-state index contributed by atoms with van der Waals surface area (Å²) in [6.45, 7) is 5.57. The minimum Gasteiger partial charge on any atom is -0.357 e. The van der Waals surface area contributed by atoms with Crippen molar-refractivity contribution < 1.29 is 13.2 Å². The van der Waals surface area contributed by atoms with E-state index in [9.17, 15) is 13.2 Å². The van der Waals surface area contributed by atoms with E-state index in [-0.39, 0.29) is 10.8 Å². The van der Waals surface area contributed by atoms with Gasteiger partial charge >= 0.3 is 0 Å². The van der Waals surface area contributed by atoms with Crippen molar-refractivity contribution >= 4 is 21.7 Å². The number of likely N-dealkylation sites (tertiary alicyclic amines) is 1. The van der Waals surface area contributed by atoms with Gasteiger partial charge in [0.15, 0.2) is 0 Å². The number of rotatable bonds is 4. The first-order valence-electron chi connectivity index (χ1n) is 9.34. The van der Waals surface area contributed by atoms with Crippen LogP contribution in [0, 0.1) is 11.8 Å². The molecule has 2 aliphatic rings. The van der Waals surface area contributed by atoms with Gasteiger partial charge in [0.05, 0.1) is 0 Å². The van der Waals surface area contributed by atoms with Crippen LogP contribution in [0.5, 0.6) is 0 Å². The summed E-state index contributed by atoms with van der Waals surface area (Å²) in [6.07, 6.45) is 5.24. The summed E-state index contributed by atoms with van der Waals surface area (Å²) in [7, 11) is -2.08. The first kappa shape index (κ1) is 19.1. The monoisotopic (exact) mass is 380 g/mol. The number of carbonyl (C=O) groups is 1. The number of hydrogen-bond acceptors (Lipinski definition) is 5. The van der Waals surface area contributed by atoms with Crippen LogP contribution in [0.25, 0.3) is 0 Å². The molecule has 0 atom stereocenters. The molecule has 2 fully saturated rings. The lowest BCUT2D eigenvalue weighted by Crippen LogP contribution is -2.45. The molecule has 1 aromatic rings. The van der Waals surface area contributed by atoms with Crippen LogP contribution in [0.1, 0.15) is 32.6 Å². The van der Waals surface area contributed by atoms with Gasteiger partial charge in [-0.15, -0.1) is 0 Å². The number of pyridine rings is 1. The van der Waals surface area contributed by atoms with Crippen molar-refractivity contribution in [1.29, 1.82) is 0 Å². The molecule has 7 nitrogen and oxygen atoms in total. The van der Waals surface area contributed by atoms with E-state index in [4.69, 9.17) is 0 Å². The number of aromatic nitrogens is 1. The van der Waals surface area contributed by atoms with E-state index in [1.54, 1.807) is 12.1 Å². The maximum absolute atomic E-state index is 12.7. The molecule has 0 bridgehead atoms. The van der Waals surface area contributed by atoms with E-state index in [1.165, 1.54) is 13.2 Å². The molecule has 0 radical (unpaired) electrons. The number of hydrogen-bond donors (Lipinski definition) is 1. The highest BCUT2D eigenvalue weighted by atomic mass is 32.2. The van der Waals surface area contributed by atoms with Crippen molar-refractivity contribution in [2.45, 2.75) is 37.5 Å². The Labute approximate surface area is 155 Å². The third kappa shape index (κ3) is 4.17. The molecule has 0 unspecified atom stereocenters. The van der Waals surface area contributed by atoms with Crippen molar-refractivity contribution in [2.75, 3.05) is 38.1 Å². The first-order valence-corrected chi connectivity index (χ1v) is 10.8. The van der Waals surface area contributed by atoms with Crippen LogP contribution in [0.3, 0.4) is 0 Å². The molecule has 8 heteroatoms. The fourth-order valence-corrected chi connectivity index (χ4v) is 4.35. The fourth-order valence-electron chi connectivity index (χ4n) is 3.68. The zero-order chi connectivity index (χ0) is 18.7. The average molecular weight is 381 g/mol. The largest absolute Gasteiger partial charge is 0.357 e. The van der Waals surface area contributed by atoms with Crippen molar-refractivity contribution in [3.63, 3.8) is 0 Å². The van der Waals surface area contributed by atoms with Crippen LogP contribution in [-0.2, 0) is 14.8 Å². The fraction of sp³-hybridized carbons (Fsp3) is 0.667. The number of carbonyl (C=O) groups excluding carboxylic acids is 1. The number of nitrogens with one attached hydrogen (secondary N) is 1. The summed E-state index contributed by atoms with van der Waals surface area (Å²) in [4.78, 5) is 21.3. The zero-order valence-electron chi connectivity index (χ0n) is 15.5. The molecule has 3 heterocycles. The Morgan fingerprint density at radius 2 is 1.77 bits per heavy atom. The van der Waals surface area contributed by atoms with Crippen LogP contribution in [0.2, 0.25) is 0 Å². The molecule has 0 aromatic carbocycles.